The number of ether oxygens (including phenoxy) is 1. The number of esters is 2. The highest BCUT2D eigenvalue weighted by molar-refractivity contribution is 8.01. The molecule has 0 bridgehead atoms. The van der Waals surface area contributed by atoms with Crippen LogP contribution in [0.4, 0.5) is 0 Å². The molecule has 4 heteroatoms. The van der Waals surface area contributed by atoms with Gasteiger partial charge in [0.2, 0.25) is 0 Å². The molecule has 0 N–H and O–H groups in total. The molecule has 3 nitrogen and oxygen atoms in total. The lowest BCUT2D eigenvalue weighted by Gasteiger charge is -1.88. The number of allylic oxidation sites excluding steroid dienone is 1. The molecular formula is C10H10O3S. The van der Waals surface area contributed by atoms with Crippen LogP contribution in [0, 0.1) is 0 Å². The summed E-state index contributed by atoms with van der Waals surface area (Å²) in [5.41, 5.74) is 0.644. The quantitative estimate of drug-likeness (QED) is 0.526. The molecule has 0 atom stereocenters. The number of hydrogen-bond donors (Lipinski definition) is 0. The molecule has 0 spiro atoms. The van der Waals surface area contributed by atoms with E-state index in [4.69, 9.17) is 0 Å². The number of carbonyl (C=O) groups is 2. The predicted octanol–water partition coefficient (Wildman–Crippen LogP) is 1.82. The van der Waals surface area contributed by atoms with Gasteiger partial charge in [-0.15, -0.1) is 11.8 Å². The van der Waals surface area contributed by atoms with Gasteiger partial charge in [0, 0.05) is 0 Å². The molecule has 0 radical (unpaired) electrons. The number of carbonyl (C=O) groups excluding carboxylic acids is 2. The number of rotatable bonds is 3. The molecule has 74 valence electrons. The minimum Gasteiger partial charge on any atom is -0.386 e. The third kappa shape index (κ3) is 2.14. The molecule has 0 aromatic heterocycles. The van der Waals surface area contributed by atoms with E-state index in [2.05, 4.69) is 4.74 Å². The van der Waals surface area contributed by atoms with Gasteiger partial charge in [-0.3, -0.25) is 0 Å². The first kappa shape index (κ1) is 10.8. The zero-order chi connectivity index (χ0) is 10.6. The molecule has 0 amide bonds. The van der Waals surface area contributed by atoms with Gasteiger partial charge in [0.05, 0.1) is 11.1 Å². The van der Waals surface area contributed by atoms with Crippen molar-refractivity contribution in [1.82, 2.24) is 0 Å². The molecule has 1 rings (SSSR count). The highest BCUT2D eigenvalue weighted by Crippen LogP contribution is 2.20. The van der Waals surface area contributed by atoms with E-state index in [9.17, 15) is 9.59 Å². The Morgan fingerprint density at radius 1 is 1.14 bits per heavy atom. The number of cyclic esters (lactones) is 2. The lowest BCUT2D eigenvalue weighted by atomic mass is 10.1. The molecule has 1 aliphatic heterocycles. The maximum Gasteiger partial charge on any atom is 0.346 e. The van der Waals surface area contributed by atoms with Crippen LogP contribution in [-0.2, 0) is 14.3 Å². The van der Waals surface area contributed by atoms with Gasteiger partial charge in [0.25, 0.3) is 0 Å². The van der Waals surface area contributed by atoms with Gasteiger partial charge in [0.15, 0.2) is 0 Å². The Balaban J connectivity index is 3.08. The van der Waals surface area contributed by atoms with E-state index in [0.717, 1.165) is 0 Å². The minimum atomic E-state index is -0.576. The van der Waals surface area contributed by atoms with Crippen LogP contribution >= 0.6 is 11.8 Å². The average Bonchev–Trinajstić information content (AvgIpc) is 2.40. The van der Waals surface area contributed by atoms with Crippen molar-refractivity contribution in [2.45, 2.75) is 6.92 Å². The van der Waals surface area contributed by atoms with Crippen LogP contribution in [0.25, 0.3) is 0 Å². The maximum absolute atomic E-state index is 11.2. The van der Waals surface area contributed by atoms with Crippen molar-refractivity contribution in [3.8, 4) is 0 Å². The predicted molar refractivity (Wildman–Crippen MR) is 55.6 cm³/mol. The summed E-state index contributed by atoms with van der Waals surface area (Å²) in [7, 11) is 0. The Hall–Kier alpha value is -1.29. The second-order valence-electron chi connectivity index (χ2n) is 2.54. The molecule has 0 aromatic rings. The zero-order valence-electron chi connectivity index (χ0n) is 7.94. The SMILES string of the molecule is C/C=C/C1=C(/C=C\SC)C(=O)OC1=O. The monoisotopic (exact) mass is 210 g/mol. The van der Waals surface area contributed by atoms with Crippen molar-refractivity contribution >= 4 is 23.7 Å². The molecular weight excluding hydrogens is 200 g/mol. The summed E-state index contributed by atoms with van der Waals surface area (Å²) in [6.45, 7) is 1.78. The van der Waals surface area contributed by atoms with Gasteiger partial charge in [0.1, 0.15) is 0 Å². The summed E-state index contributed by atoms with van der Waals surface area (Å²) < 4.78 is 4.47. The molecule has 14 heavy (non-hydrogen) atoms. The van der Waals surface area contributed by atoms with Gasteiger partial charge in [-0.2, -0.15) is 0 Å². The Morgan fingerprint density at radius 2 is 1.71 bits per heavy atom. The summed E-state index contributed by atoms with van der Waals surface area (Å²) in [6.07, 6.45) is 6.73. The van der Waals surface area contributed by atoms with Crippen LogP contribution in [-0.4, -0.2) is 18.2 Å². The van der Waals surface area contributed by atoms with E-state index in [0.29, 0.717) is 11.1 Å². The fraction of sp³-hybridized carbons (Fsp3) is 0.200. The van der Waals surface area contributed by atoms with Crippen molar-refractivity contribution in [2.75, 3.05) is 6.26 Å². The first-order valence-corrected chi connectivity index (χ1v) is 5.32. The van der Waals surface area contributed by atoms with Crippen molar-refractivity contribution in [3.63, 3.8) is 0 Å². The summed E-state index contributed by atoms with van der Waals surface area (Å²) >= 11 is 1.45. The Bertz CT molecular complexity index is 350. The topological polar surface area (TPSA) is 43.4 Å². The number of thioether (sulfide) groups is 1. The Kier molecular flexibility index (Phi) is 3.71. The molecule has 0 saturated carbocycles. The standard InChI is InChI=1S/C10H10O3S/c1-3-4-7-8(5-6-14-2)10(12)13-9(7)11/h3-6H,1-2H3/b4-3+,6-5-. The maximum atomic E-state index is 11.2. The summed E-state index contributed by atoms with van der Waals surface area (Å²) in [6, 6.07) is 0. The normalized spacial score (nSPS) is 17.6. The van der Waals surface area contributed by atoms with E-state index in [1.165, 1.54) is 11.8 Å². The minimum absolute atomic E-state index is 0.322. The molecule has 0 aliphatic carbocycles. The smallest absolute Gasteiger partial charge is 0.346 e. The lowest BCUT2D eigenvalue weighted by Crippen LogP contribution is -2.01. The first-order chi connectivity index (χ1) is 6.70. The third-order valence-electron chi connectivity index (χ3n) is 1.62. The zero-order valence-corrected chi connectivity index (χ0v) is 8.76. The van der Waals surface area contributed by atoms with E-state index in [-0.39, 0.29) is 0 Å². The van der Waals surface area contributed by atoms with E-state index in [1.807, 2.05) is 6.26 Å². The van der Waals surface area contributed by atoms with E-state index < -0.39 is 11.9 Å². The Morgan fingerprint density at radius 3 is 2.21 bits per heavy atom. The largest absolute Gasteiger partial charge is 0.386 e. The van der Waals surface area contributed by atoms with Gasteiger partial charge >= 0.3 is 11.9 Å². The highest BCUT2D eigenvalue weighted by atomic mass is 32.2. The van der Waals surface area contributed by atoms with Crippen molar-refractivity contribution < 1.29 is 14.3 Å². The first-order valence-electron chi connectivity index (χ1n) is 4.03. The molecule has 0 fully saturated rings. The van der Waals surface area contributed by atoms with Gasteiger partial charge in [-0.05, 0) is 24.7 Å². The van der Waals surface area contributed by atoms with Crippen molar-refractivity contribution in [3.05, 3.63) is 34.8 Å². The number of hydrogen-bond acceptors (Lipinski definition) is 4. The molecule has 0 unspecified atom stereocenters. The van der Waals surface area contributed by atoms with Gasteiger partial charge in [-0.25, -0.2) is 9.59 Å². The summed E-state index contributed by atoms with van der Waals surface area (Å²) in [4.78, 5) is 22.3. The second-order valence-corrected chi connectivity index (χ2v) is 3.29. The van der Waals surface area contributed by atoms with Crippen LogP contribution in [0.2, 0.25) is 0 Å². The molecule has 1 aliphatic rings. The van der Waals surface area contributed by atoms with Crippen LogP contribution in [0.1, 0.15) is 6.92 Å². The average molecular weight is 210 g/mol. The van der Waals surface area contributed by atoms with Crippen molar-refractivity contribution in [2.24, 2.45) is 0 Å². The Labute approximate surface area is 86.5 Å². The summed E-state index contributed by atoms with van der Waals surface area (Å²) in [5, 5.41) is 1.73. The third-order valence-corrected chi connectivity index (χ3v) is 2.03. The fourth-order valence-corrected chi connectivity index (χ4v) is 1.30. The van der Waals surface area contributed by atoms with Gasteiger partial charge in [-0.1, -0.05) is 12.2 Å². The fourth-order valence-electron chi connectivity index (χ4n) is 1.03. The van der Waals surface area contributed by atoms with Crippen LogP contribution in [0.3, 0.4) is 0 Å². The lowest BCUT2D eigenvalue weighted by molar-refractivity contribution is -0.150. The van der Waals surface area contributed by atoms with E-state index >= 15 is 0 Å². The van der Waals surface area contributed by atoms with Crippen molar-refractivity contribution in [1.29, 1.82) is 0 Å². The highest BCUT2D eigenvalue weighted by Gasteiger charge is 2.29. The molecule has 0 saturated heterocycles. The molecule has 0 aromatic carbocycles. The summed E-state index contributed by atoms with van der Waals surface area (Å²) in [5.74, 6) is -1.15. The molecule has 1 heterocycles. The van der Waals surface area contributed by atoms with Gasteiger partial charge < -0.3 is 4.74 Å². The van der Waals surface area contributed by atoms with Crippen LogP contribution in [0.5, 0.6) is 0 Å². The van der Waals surface area contributed by atoms with E-state index in [1.54, 1.807) is 30.6 Å². The van der Waals surface area contributed by atoms with Crippen LogP contribution in [0.15, 0.2) is 34.8 Å². The second kappa shape index (κ2) is 4.81. The van der Waals surface area contributed by atoms with Crippen LogP contribution < -0.4 is 0 Å².